The van der Waals surface area contributed by atoms with Crippen LogP contribution in [-0.4, -0.2) is 46.5 Å². The van der Waals surface area contributed by atoms with Gasteiger partial charge in [-0.3, -0.25) is 9.59 Å². The Labute approximate surface area is 160 Å². The van der Waals surface area contributed by atoms with Crippen molar-refractivity contribution in [1.82, 2.24) is 14.8 Å². The average molecular weight is 369 g/mol. The summed E-state index contributed by atoms with van der Waals surface area (Å²) in [5.41, 5.74) is 1.31. The molecule has 1 aliphatic rings. The fourth-order valence-corrected chi connectivity index (χ4v) is 3.35. The Morgan fingerprint density at radius 2 is 1.96 bits per heavy atom. The highest BCUT2D eigenvalue weighted by Gasteiger charge is 2.30. The second-order valence-corrected chi connectivity index (χ2v) is 7.26. The topological polar surface area (TPSA) is 63.6 Å². The number of aromatic nitrogens is 1. The first kappa shape index (κ1) is 19.0. The van der Waals surface area contributed by atoms with Crippen molar-refractivity contribution in [3.63, 3.8) is 0 Å². The van der Waals surface area contributed by atoms with Gasteiger partial charge in [0.2, 0.25) is 0 Å². The van der Waals surface area contributed by atoms with Crippen LogP contribution in [0.25, 0.3) is 0 Å². The lowest BCUT2D eigenvalue weighted by molar-refractivity contribution is 0.0681. The number of ether oxygens (including phenoxy) is 1. The van der Waals surface area contributed by atoms with Crippen LogP contribution in [0.5, 0.6) is 5.75 Å². The van der Waals surface area contributed by atoms with Gasteiger partial charge in [-0.05, 0) is 63.1 Å². The highest BCUT2D eigenvalue weighted by Crippen LogP contribution is 2.22. The minimum atomic E-state index is -0.0910. The van der Waals surface area contributed by atoms with Crippen molar-refractivity contribution in [3.05, 3.63) is 53.9 Å². The number of hydrogen-bond donors (Lipinski definition) is 1. The van der Waals surface area contributed by atoms with E-state index in [0.29, 0.717) is 23.6 Å². The zero-order valence-electron chi connectivity index (χ0n) is 16.1. The van der Waals surface area contributed by atoms with Crippen LogP contribution < -0.4 is 10.1 Å². The van der Waals surface area contributed by atoms with Gasteiger partial charge in [-0.1, -0.05) is 0 Å². The molecule has 2 amide bonds. The molecular formula is C21H27N3O3. The number of likely N-dealkylation sites (tertiary alicyclic amines) is 1. The maximum Gasteiger partial charge on any atom is 0.270 e. The largest absolute Gasteiger partial charge is 0.491 e. The van der Waals surface area contributed by atoms with Crippen LogP contribution >= 0.6 is 0 Å². The molecule has 1 atom stereocenters. The molecule has 6 heteroatoms. The number of nitrogens with one attached hydrogen (secondary N) is 1. The Balaban J connectivity index is 1.58. The van der Waals surface area contributed by atoms with E-state index in [9.17, 15) is 9.59 Å². The first-order valence-corrected chi connectivity index (χ1v) is 9.41. The van der Waals surface area contributed by atoms with Gasteiger partial charge in [-0.15, -0.1) is 0 Å². The van der Waals surface area contributed by atoms with E-state index in [0.717, 1.165) is 19.4 Å². The van der Waals surface area contributed by atoms with E-state index in [2.05, 4.69) is 5.32 Å². The van der Waals surface area contributed by atoms with Gasteiger partial charge in [0.05, 0.1) is 6.04 Å². The summed E-state index contributed by atoms with van der Waals surface area (Å²) in [7, 11) is 1.88. The molecule has 1 aliphatic heterocycles. The second kappa shape index (κ2) is 8.29. The minimum absolute atomic E-state index is 0.0503. The molecule has 27 heavy (non-hydrogen) atoms. The van der Waals surface area contributed by atoms with Gasteiger partial charge in [0, 0.05) is 31.4 Å². The van der Waals surface area contributed by atoms with Crippen molar-refractivity contribution in [3.8, 4) is 5.75 Å². The summed E-state index contributed by atoms with van der Waals surface area (Å²) in [5.74, 6) is 0.662. The summed E-state index contributed by atoms with van der Waals surface area (Å²) in [5, 5.41) is 2.87. The minimum Gasteiger partial charge on any atom is -0.491 e. The first-order chi connectivity index (χ1) is 13.0. The van der Waals surface area contributed by atoms with Crippen molar-refractivity contribution in [2.75, 3.05) is 13.2 Å². The molecule has 1 N–H and O–H groups in total. The molecule has 2 aromatic rings. The molecule has 0 aliphatic carbocycles. The molecule has 2 heterocycles. The molecule has 3 rings (SSSR count). The van der Waals surface area contributed by atoms with Crippen LogP contribution in [0.3, 0.4) is 0 Å². The van der Waals surface area contributed by atoms with E-state index >= 15 is 0 Å². The maximum atomic E-state index is 12.8. The zero-order chi connectivity index (χ0) is 19.4. The van der Waals surface area contributed by atoms with Crippen LogP contribution in [-0.2, 0) is 7.05 Å². The molecule has 0 bridgehead atoms. The molecule has 144 valence electrons. The average Bonchev–Trinajstić information content (AvgIpc) is 3.28. The number of aryl methyl sites for hydroxylation is 1. The van der Waals surface area contributed by atoms with E-state index in [4.69, 9.17) is 4.74 Å². The molecule has 1 aromatic carbocycles. The highest BCUT2D eigenvalue weighted by atomic mass is 16.5. The third-order valence-electron chi connectivity index (χ3n) is 4.78. The Kier molecular flexibility index (Phi) is 5.84. The van der Waals surface area contributed by atoms with Gasteiger partial charge < -0.3 is 19.5 Å². The number of rotatable bonds is 6. The van der Waals surface area contributed by atoms with Crippen LogP contribution in [0.15, 0.2) is 42.6 Å². The van der Waals surface area contributed by atoms with E-state index in [1.807, 2.05) is 48.7 Å². The highest BCUT2D eigenvalue weighted by molar-refractivity contribution is 5.94. The number of hydrogen-bond acceptors (Lipinski definition) is 3. The lowest BCUT2D eigenvalue weighted by Gasteiger charge is -2.25. The SMILES string of the molecule is CC(C)NC(=O)c1ccc(OCC2CCCN2C(=O)c2cccn2C)cc1. The van der Waals surface area contributed by atoms with Crippen molar-refractivity contribution >= 4 is 11.8 Å². The van der Waals surface area contributed by atoms with Gasteiger partial charge in [-0.25, -0.2) is 0 Å². The maximum absolute atomic E-state index is 12.8. The lowest BCUT2D eigenvalue weighted by atomic mass is 10.2. The Hall–Kier alpha value is -2.76. The van der Waals surface area contributed by atoms with E-state index in [1.54, 1.807) is 24.3 Å². The summed E-state index contributed by atoms with van der Waals surface area (Å²) < 4.78 is 7.75. The molecule has 0 saturated carbocycles. The molecule has 1 unspecified atom stereocenters. The summed E-state index contributed by atoms with van der Waals surface area (Å²) in [4.78, 5) is 26.7. The van der Waals surface area contributed by atoms with Gasteiger partial charge in [0.15, 0.2) is 0 Å². The van der Waals surface area contributed by atoms with Gasteiger partial charge in [-0.2, -0.15) is 0 Å². The Morgan fingerprint density at radius 3 is 2.59 bits per heavy atom. The second-order valence-electron chi connectivity index (χ2n) is 7.26. The number of carbonyl (C=O) groups is 2. The van der Waals surface area contributed by atoms with Crippen molar-refractivity contribution in [1.29, 1.82) is 0 Å². The van der Waals surface area contributed by atoms with E-state index in [-0.39, 0.29) is 23.9 Å². The van der Waals surface area contributed by atoms with Crippen molar-refractivity contribution in [2.45, 2.75) is 38.8 Å². The van der Waals surface area contributed by atoms with Crippen molar-refractivity contribution in [2.24, 2.45) is 7.05 Å². The van der Waals surface area contributed by atoms with E-state index in [1.165, 1.54) is 0 Å². The third-order valence-corrected chi connectivity index (χ3v) is 4.78. The van der Waals surface area contributed by atoms with Gasteiger partial charge in [0.25, 0.3) is 11.8 Å². The third kappa shape index (κ3) is 4.51. The van der Waals surface area contributed by atoms with Gasteiger partial charge in [0.1, 0.15) is 18.1 Å². The fourth-order valence-electron chi connectivity index (χ4n) is 3.35. The summed E-state index contributed by atoms with van der Waals surface area (Å²) in [6.45, 7) is 5.07. The number of carbonyl (C=O) groups excluding carboxylic acids is 2. The zero-order valence-corrected chi connectivity index (χ0v) is 16.1. The predicted octanol–water partition coefficient (Wildman–Crippen LogP) is 2.85. The first-order valence-electron chi connectivity index (χ1n) is 9.41. The molecule has 1 saturated heterocycles. The normalized spacial score (nSPS) is 16.6. The molecule has 0 radical (unpaired) electrons. The lowest BCUT2D eigenvalue weighted by Crippen LogP contribution is -2.39. The van der Waals surface area contributed by atoms with Crippen LogP contribution in [0, 0.1) is 0 Å². The monoisotopic (exact) mass is 369 g/mol. The molecule has 0 spiro atoms. The Bertz CT molecular complexity index is 795. The molecule has 1 aromatic heterocycles. The standard InChI is InChI=1S/C21H27N3O3/c1-15(2)22-20(25)16-8-10-18(11-9-16)27-14-17-6-4-13-24(17)21(26)19-7-5-12-23(19)3/h5,7-12,15,17H,4,6,13-14H2,1-3H3,(H,22,25). The van der Waals surface area contributed by atoms with Crippen LogP contribution in [0.1, 0.15) is 47.5 Å². The summed E-state index contributed by atoms with van der Waals surface area (Å²) >= 11 is 0. The smallest absolute Gasteiger partial charge is 0.270 e. The Morgan fingerprint density at radius 1 is 1.22 bits per heavy atom. The van der Waals surface area contributed by atoms with E-state index < -0.39 is 0 Å². The molecule has 1 fully saturated rings. The van der Waals surface area contributed by atoms with Crippen LogP contribution in [0.2, 0.25) is 0 Å². The predicted molar refractivity (Wildman–Crippen MR) is 104 cm³/mol. The van der Waals surface area contributed by atoms with Crippen LogP contribution in [0.4, 0.5) is 0 Å². The summed E-state index contributed by atoms with van der Waals surface area (Å²) in [6.07, 6.45) is 3.80. The quantitative estimate of drug-likeness (QED) is 0.852. The van der Waals surface area contributed by atoms with Crippen molar-refractivity contribution < 1.29 is 14.3 Å². The summed E-state index contributed by atoms with van der Waals surface area (Å²) in [6, 6.07) is 11.0. The van der Waals surface area contributed by atoms with Gasteiger partial charge >= 0.3 is 0 Å². The molecule has 6 nitrogen and oxygen atoms in total. The number of nitrogens with zero attached hydrogens (tertiary/aromatic N) is 2. The number of amides is 2. The fraction of sp³-hybridized carbons (Fsp3) is 0.429. The molecular weight excluding hydrogens is 342 g/mol. The number of benzene rings is 1.